The minimum Gasteiger partial charge on any atom is -0.356 e. The number of hydrogen-bond donors (Lipinski definition) is 1. The highest BCUT2D eigenvalue weighted by Crippen LogP contribution is 2.37. The van der Waals surface area contributed by atoms with Crippen LogP contribution in [0.4, 0.5) is 26.3 Å². The number of halogens is 6. The van der Waals surface area contributed by atoms with Gasteiger partial charge in [-0.25, -0.2) is 0 Å². The molecule has 0 aromatic heterocycles. The van der Waals surface area contributed by atoms with Gasteiger partial charge in [-0.2, -0.15) is 26.3 Å². The number of benzene rings is 2. The molecule has 1 fully saturated rings. The predicted molar refractivity (Wildman–Crippen MR) is 131 cm³/mol. The van der Waals surface area contributed by atoms with Gasteiger partial charge in [-0.15, -0.1) is 0 Å². The number of alkyl halides is 6. The average Bonchev–Trinajstić information content (AvgIpc) is 2.82. The lowest BCUT2D eigenvalue weighted by atomic mass is 9.97. The first kappa shape index (κ1) is 29.5. The van der Waals surface area contributed by atoms with Gasteiger partial charge in [0.05, 0.1) is 11.1 Å². The molecule has 1 atom stereocenters. The van der Waals surface area contributed by atoms with Crippen LogP contribution in [0, 0.1) is 13.8 Å². The van der Waals surface area contributed by atoms with Crippen molar-refractivity contribution in [3.63, 3.8) is 0 Å². The lowest BCUT2D eigenvalue weighted by molar-refractivity contribution is -0.143. The zero-order valence-electron chi connectivity index (χ0n) is 21.5. The van der Waals surface area contributed by atoms with Gasteiger partial charge in [0, 0.05) is 44.7 Å². The Kier molecular flexibility index (Phi) is 9.12. The highest BCUT2D eigenvalue weighted by Gasteiger charge is 2.39. The molecule has 2 amide bonds. The Labute approximate surface area is 217 Å². The fourth-order valence-electron chi connectivity index (χ4n) is 4.58. The Bertz CT molecular complexity index is 1130. The molecule has 1 aliphatic rings. The zero-order chi connectivity index (χ0) is 28.3. The SMILES string of the molecule is CC(=O)NCCCN1CCN(C(=O)c2cc(C(F)(F)F)cc(C(F)(F)F)c2)[C@H](Cc2ccc(C)c(C)c2)C1. The molecule has 1 heterocycles. The van der Waals surface area contributed by atoms with Gasteiger partial charge in [0.2, 0.25) is 5.91 Å². The van der Waals surface area contributed by atoms with E-state index in [2.05, 4.69) is 10.2 Å². The lowest BCUT2D eigenvalue weighted by Crippen LogP contribution is -2.56. The first-order valence-corrected chi connectivity index (χ1v) is 12.3. The van der Waals surface area contributed by atoms with Crippen molar-refractivity contribution in [3.05, 3.63) is 69.8 Å². The van der Waals surface area contributed by atoms with Crippen molar-refractivity contribution in [1.82, 2.24) is 15.1 Å². The van der Waals surface area contributed by atoms with E-state index >= 15 is 0 Å². The monoisotopic (exact) mass is 543 g/mol. The van der Waals surface area contributed by atoms with Crippen molar-refractivity contribution in [2.24, 2.45) is 0 Å². The molecule has 1 aliphatic heterocycles. The molecule has 1 saturated heterocycles. The molecule has 1 N–H and O–H groups in total. The molecule has 3 rings (SSSR count). The lowest BCUT2D eigenvalue weighted by Gasteiger charge is -2.42. The summed E-state index contributed by atoms with van der Waals surface area (Å²) in [6.07, 6.45) is -9.03. The number of aryl methyl sites for hydroxylation is 2. The summed E-state index contributed by atoms with van der Waals surface area (Å²) in [6.45, 7) is 7.35. The summed E-state index contributed by atoms with van der Waals surface area (Å²) in [5, 5.41) is 2.72. The minimum atomic E-state index is -5.04. The van der Waals surface area contributed by atoms with Crippen LogP contribution < -0.4 is 5.32 Å². The Morgan fingerprint density at radius 2 is 1.55 bits per heavy atom. The topological polar surface area (TPSA) is 52.7 Å². The molecular formula is C27H31F6N3O2. The highest BCUT2D eigenvalue weighted by molar-refractivity contribution is 5.95. The minimum absolute atomic E-state index is 0.0242. The van der Waals surface area contributed by atoms with Crippen LogP contribution in [0.5, 0.6) is 0 Å². The molecule has 0 bridgehead atoms. The van der Waals surface area contributed by atoms with Gasteiger partial charge in [0.1, 0.15) is 0 Å². The summed E-state index contributed by atoms with van der Waals surface area (Å²) in [5.74, 6) is -1.01. The number of carbonyl (C=O) groups is 2. The van der Waals surface area contributed by atoms with Crippen molar-refractivity contribution in [2.75, 3.05) is 32.7 Å². The molecule has 0 saturated carbocycles. The van der Waals surface area contributed by atoms with E-state index < -0.39 is 41.0 Å². The second kappa shape index (κ2) is 11.8. The second-order valence-electron chi connectivity index (χ2n) is 9.71. The average molecular weight is 544 g/mol. The smallest absolute Gasteiger partial charge is 0.356 e. The van der Waals surface area contributed by atoms with Gasteiger partial charge in [-0.1, -0.05) is 18.2 Å². The fraction of sp³-hybridized carbons (Fsp3) is 0.481. The molecule has 38 heavy (non-hydrogen) atoms. The second-order valence-corrected chi connectivity index (χ2v) is 9.71. The maximum Gasteiger partial charge on any atom is 0.416 e. The van der Waals surface area contributed by atoms with Crippen LogP contribution in [-0.4, -0.2) is 60.4 Å². The molecular weight excluding hydrogens is 512 g/mol. The van der Waals surface area contributed by atoms with Crippen molar-refractivity contribution in [3.8, 4) is 0 Å². The summed E-state index contributed by atoms with van der Waals surface area (Å²) >= 11 is 0. The van der Waals surface area contributed by atoms with Gasteiger partial charge >= 0.3 is 12.4 Å². The summed E-state index contributed by atoms with van der Waals surface area (Å²) in [6, 6.07) is 6.36. The molecule has 0 aliphatic carbocycles. The van der Waals surface area contributed by atoms with Gasteiger partial charge in [-0.05, 0) is 68.1 Å². The summed E-state index contributed by atoms with van der Waals surface area (Å²) in [4.78, 5) is 28.0. The first-order valence-electron chi connectivity index (χ1n) is 12.3. The van der Waals surface area contributed by atoms with Crippen LogP contribution in [0.2, 0.25) is 0 Å². The Balaban J connectivity index is 1.90. The fourth-order valence-corrected chi connectivity index (χ4v) is 4.58. The van der Waals surface area contributed by atoms with E-state index in [0.29, 0.717) is 51.2 Å². The van der Waals surface area contributed by atoms with Gasteiger partial charge in [0.15, 0.2) is 0 Å². The van der Waals surface area contributed by atoms with Crippen molar-refractivity contribution < 1.29 is 35.9 Å². The van der Waals surface area contributed by atoms with E-state index in [0.717, 1.165) is 16.7 Å². The normalized spacial score (nSPS) is 17.0. The zero-order valence-corrected chi connectivity index (χ0v) is 21.5. The van der Waals surface area contributed by atoms with Crippen molar-refractivity contribution >= 4 is 11.8 Å². The Morgan fingerprint density at radius 1 is 0.921 bits per heavy atom. The molecule has 208 valence electrons. The molecule has 0 spiro atoms. The molecule has 0 radical (unpaired) electrons. The van der Waals surface area contributed by atoms with E-state index in [-0.39, 0.29) is 18.5 Å². The third kappa shape index (κ3) is 7.72. The van der Waals surface area contributed by atoms with E-state index in [1.165, 1.54) is 11.8 Å². The maximum absolute atomic E-state index is 13.4. The Hall–Kier alpha value is -3.08. The maximum atomic E-state index is 13.4. The number of piperazine rings is 1. The van der Waals surface area contributed by atoms with Crippen LogP contribution in [0.25, 0.3) is 0 Å². The quantitative estimate of drug-likeness (QED) is 0.384. The predicted octanol–water partition coefficient (Wildman–Crippen LogP) is 5.24. The van der Waals surface area contributed by atoms with Crippen molar-refractivity contribution in [1.29, 1.82) is 0 Å². The molecule has 11 heteroatoms. The number of amides is 2. The molecule has 2 aromatic carbocycles. The largest absolute Gasteiger partial charge is 0.416 e. The van der Waals surface area contributed by atoms with Crippen LogP contribution in [-0.2, 0) is 23.6 Å². The number of rotatable bonds is 7. The van der Waals surface area contributed by atoms with Gasteiger partial charge in [-0.3, -0.25) is 14.5 Å². The molecule has 2 aromatic rings. The van der Waals surface area contributed by atoms with Gasteiger partial charge < -0.3 is 10.2 Å². The third-order valence-electron chi connectivity index (χ3n) is 6.73. The van der Waals surface area contributed by atoms with E-state index in [9.17, 15) is 35.9 Å². The number of carbonyl (C=O) groups excluding carboxylic acids is 2. The summed E-state index contributed by atoms with van der Waals surface area (Å²) in [7, 11) is 0. The van der Waals surface area contributed by atoms with Crippen LogP contribution in [0.15, 0.2) is 36.4 Å². The number of hydrogen-bond acceptors (Lipinski definition) is 3. The number of nitrogens with zero attached hydrogens (tertiary/aromatic N) is 2. The standard InChI is InChI=1S/C27H31F6N3O2/c1-17-5-6-20(11-18(17)2)12-24-16-35(8-4-7-34-19(3)37)9-10-36(24)25(38)21-13-22(26(28,29)30)15-23(14-21)27(31,32)33/h5-6,11,13-15,24H,4,7-10,12,16H2,1-3H3,(H,34,37)/t24-/m1/s1. The van der Waals surface area contributed by atoms with Crippen LogP contribution in [0.1, 0.15) is 51.5 Å². The highest BCUT2D eigenvalue weighted by atomic mass is 19.4. The molecule has 0 unspecified atom stereocenters. The van der Waals surface area contributed by atoms with Gasteiger partial charge in [0.25, 0.3) is 5.91 Å². The Morgan fingerprint density at radius 3 is 2.11 bits per heavy atom. The van der Waals surface area contributed by atoms with E-state index in [4.69, 9.17) is 0 Å². The van der Waals surface area contributed by atoms with E-state index in [1.54, 1.807) is 0 Å². The van der Waals surface area contributed by atoms with Crippen molar-refractivity contribution in [2.45, 2.75) is 52.0 Å². The molecule has 5 nitrogen and oxygen atoms in total. The third-order valence-corrected chi connectivity index (χ3v) is 6.73. The van der Waals surface area contributed by atoms with Crippen LogP contribution >= 0.6 is 0 Å². The number of nitrogens with one attached hydrogen (secondary N) is 1. The first-order chi connectivity index (χ1) is 17.6. The van der Waals surface area contributed by atoms with E-state index in [1.807, 2.05) is 32.0 Å². The summed E-state index contributed by atoms with van der Waals surface area (Å²) in [5.41, 5.74) is -0.645. The van der Waals surface area contributed by atoms with Crippen LogP contribution in [0.3, 0.4) is 0 Å². The summed E-state index contributed by atoms with van der Waals surface area (Å²) < 4.78 is 80.4.